The zero-order valence-electron chi connectivity index (χ0n) is 21.5. The normalized spacial score (nSPS) is 15.9. The van der Waals surface area contributed by atoms with Crippen molar-refractivity contribution in [1.82, 2.24) is 20.0 Å². The molecule has 0 aliphatic carbocycles. The molecular weight excluding hydrogens is 514 g/mol. The summed E-state index contributed by atoms with van der Waals surface area (Å²) in [7, 11) is -3.56. The molecule has 4 rings (SSSR count). The lowest BCUT2D eigenvalue weighted by Crippen LogP contribution is -2.41. The molecule has 0 unspecified atom stereocenters. The minimum atomic E-state index is -3.56. The van der Waals surface area contributed by atoms with Crippen LogP contribution in [-0.4, -0.2) is 72.8 Å². The summed E-state index contributed by atoms with van der Waals surface area (Å²) in [5.74, 6) is 0.712. The number of rotatable bonds is 4. The van der Waals surface area contributed by atoms with E-state index in [0.717, 1.165) is 11.1 Å². The highest BCUT2D eigenvalue weighted by molar-refractivity contribution is 7.92. The molecule has 1 aliphatic rings. The van der Waals surface area contributed by atoms with Crippen molar-refractivity contribution in [2.45, 2.75) is 39.8 Å². The molecule has 0 saturated heterocycles. The lowest BCUT2D eigenvalue weighted by molar-refractivity contribution is 0.0712. The van der Waals surface area contributed by atoms with Gasteiger partial charge in [-0.25, -0.2) is 8.42 Å². The summed E-state index contributed by atoms with van der Waals surface area (Å²) in [6.45, 7) is 8.37. The second-order valence-corrected chi connectivity index (χ2v) is 11.9. The van der Waals surface area contributed by atoms with Crippen LogP contribution in [0.25, 0.3) is 11.5 Å². The van der Waals surface area contributed by atoms with Crippen LogP contribution in [0.1, 0.15) is 42.1 Å². The Balaban J connectivity index is 1.70. The molecule has 9 nitrogen and oxygen atoms in total. The predicted molar refractivity (Wildman–Crippen MR) is 144 cm³/mol. The van der Waals surface area contributed by atoms with E-state index in [2.05, 4.69) is 28.9 Å². The first-order valence-corrected chi connectivity index (χ1v) is 14.5. The number of benzene rings is 2. The highest BCUT2D eigenvalue weighted by Gasteiger charge is 2.26. The smallest absolute Gasteiger partial charge is 0.254 e. The van der Waals surface area contributed by atoms with Gasteiger partial charge >= 0.3 is 0 Å². The van der Waals surface area contributed by atoms with Gasteiger partial charge in [-0.3, -0.25) is 14.0 Å². The second kappa shape index (κ2) is 11.2. The molecule has 2 aromatic carbocycles. The van der Waals surface area contributed by atoms with E-state index in [1.54, 1.807) is 54.3 Å². The van der Waals surface area contributed by atoms with Crippen LogP contribution in [0.15, 0.2) is 46.9 Å². The fourth-order valence-corrected chi connectivity index (χ4v) is 5.63. The highest BCUT2D eigenvalue weighted by Crippen LogP contribution is 2.29. The summed E-state index contributed by atoms with van der Waals surface area (Å²) in [5.41, 5.74) is 2.47. The Morgan fingerprint density at radius 3 is 2.38 bits per heavy atom. The summed E-state index contributed by atoms with van der Waals surface area (Å²) >= 11 is 6.29. The van der Waals surface area contributed by atoms with Gasteiger partial charge in [-0.05, 0) is 62.2 Å². The van der Waals surface area contributed by atoms with Gasteiger partial charge in [0.15, 0.2) is 0 Å². The number of carbonyl (C=O) groups is 1. The molecule has 0 fully saturated rings. The molecule has 1 aliphatic heterocycles. The zero-order valence-corrected chi connectivity index (χ0v) is 23.1. The van der Waals surface area contributed by atoms with E-state index in [1.165, 1.54) is 10.6 Å². The molecular formula is C26H32ClN5O4S. The molecule has 0 atom stereocenters. The van der Waals surface area contributed by atoms with Gasteiger partial charge in [0.1, 0.15) is 0 Å². The monoisotopic (exact) mass is 545 g/mol. The van der Waals surface area contributed by atoms with Crippen molar-refractivity contribution in [3.05, 3.63) is 64.5 Å². The number of sulfonamides is 1. The number of halogens is 1. The average molecular weight is 546 g/mol. The van der Waals surface area contributed by atoms with E-state index < -0.39 is 10.0 Å². The second-order valence-electron chi connectivity index (χ2n) is 9.52. The van der Waals surface area contributed by atoms with Gasteiger partial charge in [0.2, 0.25) is 21.8 Å². The summed E-state index contributed by atoms with van der Waals surface area (Å²) in [5, 5.41) is 8.33. The summed E-state index contributed by atoms with van der Waals surface area (Å²) in [6, 6.07) is 12.5. The lowest BCUT2D eigenvalue weighted by Gasteiger charge is -2.30. The Kier molecular flexibility index (Phi) is 8.20. The van der Waals surface area contributed by atoms with Crippen LogP contribution in [0.5, 0.6) is 0 Å². The minimum absolute atomic E-state index is 0.150. The van der Waals surface area contributed by atoms with Crippen molar-refractivity contribution in [2.75, 3.05) is 36.7 Å². The molecule has 11 heteroatoms. The van der Waals surface area contributed by atoms with E-state index in [9.17, 15) is 13.2 Å². The average Bonchev–Trinajstić information content (AvgIpc) is 3.27. The van der Waals surface area contributed by atoms with Crippen LogP contribution in [0.2, 0.25) is 5.02 Å². The number of fused-ring (bicyclic) bond motifs is 1. The van der Waals surface area contributed by atoms with E-state index in [1.807, 2.05) is 0 Å². The number of aromatic nitrogens is 2. The summed E-state index contributed by atoms with van der Waals surface area (Å²) in [4.78, 5) is 17.8. The molecule has 1 aromatic heterocycles. The SMILES string of the molecule is Cc1nnc(-c2ccc(C(=O)N3CCN(C(C)C)CCCN(S(C)(=O)=O)c4cc(Cl)ccc4C3)cc2)o1. The van der Waals surface area contributed by atoms with E-state index in [0.29, 0.717) is 60.7 Å². The highest BCUT2D eigenvalue weighted by atomic mass is 35.5. The molecule has 0 bridgehead atoms. The Bertz CT molecular complexity index is 1360. The molecule has 3 aromatic rings. The Morgan fingerprint density at radius 2 is 1.76 bits per heavy atom. The Morgan fingerprint density at radius 1 is 1.03 bits per heavy atom. The van der Waals surface area contributed by atoms with Crippen LogP contribution in [0, 0.1) is 6.92 Å². The standard InChI is InChI=1S/C26H32ClN5O4S/c1-18(2)30-12-5-13-32(37(4,34)35)24-16-23(27)11-10-22(24)17-31(15-14-30)26(33)21-8-6-20(7-9-21)25-29-28-19(3)36-25/h6-11,16,18H,5,12-15,17H2,1-4H3. The van der Waals surface area contributed by atoms with Crippen molar-refractivity contribution in [3.8, 4) is 11.5 Å². The van der Waals surface area contributed by atoms with E-state index in [-0.39, 0.29) is 18.5 Å². The maximum atomic E-state index is 13.7. The first-order valence-electron chi connectivity index (χ1n) is 12.2. The number of anilines is 1. The van der Waals surface area contributed by atoms with Crippen LogP contribution < -0.4 is 4.31 Å². The van der Waals surface area contributed by atoms with Crippen molar-refractivity contribution >= 4 is 33.2 Å². The van der Waals surface area contributed by atoms with Crippen molar-refractivity contribution in [1.29, 1.82) is 0 Å². The van der Waals surface area contributed by atoms with Crippen molar-refractivity contribution in [2.24, 2.45) is 0 Å². The topological polar surface area (TPSA) is 99.9 Å². The van der Waals surface area contributed by atoms with Gasteiger partial charge in [-0.15, -0.1) is 10.2 Å². The van der Waals surface area contributed by atoms with Crippen LogP contribution in [0.3, 0.4) is 0 Å². The van der Waals surface area contributed by atoms with Gasteiger partial charge in [0.05, 0.1) is 11.9 Å². The van der Waals surface area contributed by atoms with Crippen LogP contribution >= 0.6 is 11.6 Å². The largest absolute Gasteiger partial charge is 0.421 e. The minimum Gasteiger partial charge on any atom is -0.421 e. The fourth-order valence-electron chi connectivity index (χ4n) is 4.47. The number of carbonyl (C=O) groups excluding carboxylic acids is 1. The van der Waals surface area contributed by atoms with E-state index >= 15 is 0 Å². The lowest BCUT2D eigenvalue weighted by atomic mass is 10.1. The Hall–Kier alpha value is -2.95. The molecule has 0 radical (unpaired) electrons. The van der Waals surface area contributed by atoms with Gasteiger partial charge in [0.25, 0.3) is 5.91 Å². The van der Waals surface area contributed by atoms with E-state index in [4.69, 9.17) is 16.0 Å². The van der Waals surface area contributed by atoms with Gasteiger partial charge in [0, 0.05) is 61.8 Å². The molecule has 0 spiro atoms. The third-order valence-electron chi connectivity index (χ3n) is 6.46. The molecule has 0 saturated carbocycles. The number of nitrogens with zero attached hydrogens (tertiary/aromatic N) is 5. The number of hydrogen-bond acceptors (Lipinski definition) is 7. The molecule has 2 heterocycles. The fraction of sp³-hybridized carbons (Fsp3) is 0.423. The predicted octanol–water partition coefficient (Wildman–Crippen LogP) is 4.22. The van der Waals surface area contributed by atoms with Gasteiger partial charge in [-0.2, -0.15) is 0 Å². The molecule has 198 valence electrons. The summed E-state index contributed by atoms with van der Waals surface area (Å²) < 4.78 is 32.5. The quantitative estimate of drug-likeness (QED) is 0.484. The first kappa shape index (κ1) is 27.1. The summed E-state index contributed by atoms with van der Waals surface area (Å²) in [6.07, 6.45) is 1.86. The van der Waals surface area contributed by atoms with Gasteiger partial charge in [-0.1, -0.05) is 17.7 Å². The van der Waals surface area contributed by atoms with Crippen LogP contribution in [-0.2, 0) is 16.6 Å². The van der Waals surface area contributed by atoms with Crippen molar-refractivity contribution in [3.63, 3.8) is 0 Å². The molecule has 1 amide bonds. The number of aryl methyl sites for hydroxylation is 1. The Labute approximate surface area is 223 Å². The molecule has 0 N–H and O–H groups in total. The van der Waals surface area contributed by atoms with Crippen LogP contribution in [0.4, 0.5) is 5.69 Å². The third kappa shape index (κ3) is 6.49. The van der Waals surface area contributed by atoms with Gasteiger partial charge < -0.3 is 9.32 Å². The third-order valence-corrected chi connectivity index (χ3v) is 7.88. The van der Waals surface area contributed by atoms with Crippen molar-refractivity contribution < 1.29 is 17.6 Å². The first-order chi connectivity index (χ1) is 17.5. The molecule has 37 heavy (non-hydrogen) atoms. The number of hydrogen-bond donors (Lipinski definition) is 0. The maximum absolute atomic E-state index is 13.7. The number of amides is 1. The maximum Gasteiger partial charge on any atom is 0.254 e. The zero-order chi connectivity index (χ0) is 26.7.